The Hall–Kier alpha value is -1.94. The number of phenolic OH excluding ortho intramolecular Hbond substituents is 1. The predicted octanol–water partition coefficient (Wildman–Crippen LogP) is 3.14. The van der Waals surface area contributed by atoms with Crippen molar-refractivity contribution in [1.82, 2.24) is 5.32 Å². The van der Waals surface area contributed by atoms with Crippen LogP contribution in [-0.4, -0.2) is 17.8 Å². The van der Waals surface area contributed by atoms with Gasteiger partial charge >= 0.3 is 6.09 Å². The highest BCUT2D eigenvalue weighted by Gasteiger charge is 2.22. The van der Waals surface area contributed by atoms with Gasteiger partial charge in [0.25, 0.3) is 0 Å². The maximum Gasteiger partial charge on any atom is 0.407 e. The molecule has 2 aromatic carbocycles. The Kier molecular flexibility index (Phi) is 3.81. The highest BCUT2D eigenvalue weighted by molar-refractivity contribution is 5.91. The zero-order chi connectivity index (χ0) is 12.5. The minimum absolute atomic E-state index is 0. The van der Waals surface area contributed by atoms with Crippen molar-refractivity contribution in [3.05, 3.63) is 42.0 Å². The van der Waals surface area contributed by atoms with Gasteiger partial charge in [-0.1, -0.05) is 30.3 Å². The first-order chi connectivity index (χ1) is 8.75. The highest BCUT2D eigenvalue weighted by Crippen LogP contribution is 2.32. The van der Waals surface area contributed by atoms with Crippen molar-refractivity contribution in [1.29, 1.82) is 0 Å². The van der Waals surface area contributed by atoms with Crippen molar-refractivity contribution in [2.75, 3.05) is 6.61 Å². The number of alkyl carbamates (subject to hydrolysis) is 1. The second kappa shape index (κ2) is 5.36. The topological polar surface area (TPSA) is 58.6 Å². The third-order valence-electron chi connectivity index (χ3n) is 3.24. The lowest BCUT2D eigenvalue weighted by Gasteiger charge is -2.25. The van der Waals surface area contributed by atoms with Crippen LogP contribution in [0.15, 0.2) is 36.4 Å². The number of rotatable bonds is 1. The molecule has 1 amide bonds. The number of ether oxygens (including phenoxy) is 1. The predicted molar refractivity (Wildman–Crippen MR) is 74.7 cm³/mol. The molecule has 1 saturated heterocycles. The second-order valence-corrected chi connectivity index (χ2v) is 4.34. The fraction of sp³-hybridized carbons (Fsp3) is 0.214. The standard InChI is InChI=1S/C14H13NO3.ClH/c16-13-6-5-10(9-3-1-2-4-11(9)13)12-7-8-18-14(17)15-12;/h1-6,12,16H,7-8H2,(H,15,17);1H/t12-;/m1./s1. The monoisotopic (exact) mass is 279 g/mol. The van der Waals surface area contributed by atoms with Gasteiger partial charge in [0.2, 0.25) is 0 Å². The summed E-state index contributed by atoms with van der Waals surface area (Å²) in [5, 5.41) is 14.4. The minimum Gasteiger partial charge on any atom is -0.507 e. The van der Waals surface area contributed by atoms with E-state index in [1.807, 2.05) is 30.3 Å². The molecule has 1 aliphatic rings. The minimum atomic E-state index is -0.386. The molecule has 2 N–H and O–H groups in total. The Balaban J connectivity index is 0.00000133. The molecule has 5 heteroatoms. The third-order valence-corrected chi connectivity index (χ3v) is 3.24. The molecule has 0 aromatic heterocycles. The first kappa shape index (κ1) is 13.5. The smallest absolute Gasteiger partial charge is 0.407 e. The van der Waals surface area contributed by atoms with Gasteiger partial charge < -0.3 is 15.2 Å². The number of nitrogens with one attached hydrogen (secondary N) is 1. The van der Waals surface area contributed by atoms with Crippen molar-refractivity contribution in [3.8, 4) is 5.75 Å². The van der Waals surface area contributed by atoms with Crippen LogP contribution in [0.5, 0.6) is 5.75 Å². The number of carbonyl (C=O) groups excluding carboxylic acids is 1. The lowest BCUT2D eigenvalue weighted by molar-refractivity contribution is 0.116. The van der Waals surface area contributed by atoms with Crippen molar-refractivity contribution in [2.24, 2.45) is 0 Å². The van der Waals surface area contributed by atoms with Crippen LogP contribution in [0.4, 0.5) is 4.79 Å². The molecule has 1 aliphatic heterocycles. The van der Waals surface area contributed by atoms with E-state index in [4.69, 9.17) is 4.74 Å². The summed E-state index contributed by atoms with van der Waals surface area (Å²) in [5.74, 6) is 0.257. The number of hydrogen-bond donors (Lipinski definition) is 2. The average Bonchev–Trinajstić information content (AvgIpc) is 2.39. The van der Waals surface area contributed by atoms with Crippen molar-refractivity contribution >= 4 is 29.3 Å². The molecule has 0 bridgehead atoms. The van der Waals surface area contributed by atoms with E-state index in [-0.39, 0.29) is 30.3 Å². The summed E-state index contributed by atoms with van der Waals surface area (Å²) < 4.78 is 4.87. The average molecular weight is 280 g/mol. The fourth-order valence-corrected chi connectivity index (χ4v) is 2.37. The number of hydrogen-bond acceptors (Lipinski definition) is 3. The maximum absolute atomic E-state index is 11.3. The van der Waals surface area contributed by atoms with Gasteiger partial charge in [-0.05, 0) is 17.0 Å². The first-order valence-corrected chi connectivity index (χ1v) is 5.89. The lowest BCUT2D eigenvalue weighted by atomic mass is 9.96. The van der Waals surface area contributed by atoms with Gasteiger partial charge in [-0.25, -0.2) is 4.79 Å². The van der Waals surface area contributed by atoms with E-state index in [9.17, 15) is 9.90 Å². The van der Waals surface area contributed by atoms with Crippen LogP contribution < -0.4 is 5.32 Å². The van der Waals surface area contributed by atoms with E-state index in [1.54, 1.807) is 6.07 Å². The molecule has 0 aliphatic carbocycles. The van der Waals surface area contributed by atoms with Gasteiger partial charge in [-0.3, -0.25) is 0 Å². The number of cyclic esters (lactones) is 1. The summed E-state index contributed by atoms with van der Waals surface area (Å²) in [4.78, 5) is 11.3. The van der Waals surface area contributed by atoms with Crippen LogP contribution in [0.1, 0.15) is 18.0 Å². The van der Waals surface area contributed by atoms with Crippen LogP contribution in [0.25, 0.3) is 10.8 Å². The number of phenols is 1. The van der Waals surface area contributed by atoms with E-state index < -0.39 is 0 Å². The molecular formula is C14H14ClNO3. The Morgan fingerprint density at radius 1 is 1.16 bits per heavy atom. The molecule has 2 aromatic rings. The molecule has 3 rings (SSSR count). The molecule has 0 radical (unpaired) electrons. The van der Waals surface area contributed by atoms with E-state index in [1.165, 1.54) is 0 Å². The molecule has 0 saturated carbocycles. The van der Waals surface area contributed by atoms with E-state index in [0.29, 0.717) is 6.61 Å². The summed E-state index contributed by atoms with van der Waals surface area (Å²) in [5.41, 5.74) is 1.01. The van der Waals surface area contributed by atoms with Gasteiger partial charge in [0.05, 0.1) is 12.6 Å². The summed E-state index contributed by atoms with van der Waals surface area (Å²) in [6.45, 7) is 0.422. The molecule has 19 heavy (non-hydrogen) atoms. The van der Waals surface area contributed by atoms with Crippen molar-refractivity contribution in [2.45, 2.75) is 12.5 Å². The third kappa shape index (κ3) is 2.44. The van der Waals surface area contributed by atoms with Crippen LogP contribution in [-0.2, 0) is 4.74 Å². The number of halogens is 1. The lowest BCUT2D eigenvalue weighted by Crippen LogP contribution is -2.35. The normalized spacial score (nSPS) is 18.3. The Morgan fingerprint density at radius 2 is 1.89 bits per heavy atom. The second-order valence-electron chi connectivity index (χ2n) is 4.34. The van der Waals surface area contributed by atoms with Crippen LogP contribution in [0.2, 0.25) is 0 Å². The summed E-state index contributed by atoms with van der Waals surface area (Å²) in [7, 11) is 0. The quantitative estimate of drug-likeness (QED) is 0.843. The summed E-state index contributed by atoms with van der Waals surface area (Å²) >= 11 is 0. The fourth-order valence-electron chi connectivity index (χ4n) is 2.37. The van der Waals surface area contributed by atoms with Crippen LogP contribution in [0, 0.1) is 0 Å². The van der Waals surface area contributed by atoms with Gasteiger partial charge in [-0.2, -0.15) is 0 Å². The van der Waals surface area contributed by atoms with E-state index in [0.717, 1.165) is 22.8 Å². The first-order valence-electron chi connectivity index (χ1n) is 5.89. The molecule has 1 atom stereocenters. The Morgan fingerprint density at radius 3 is 2.63 bits per heavy atom. The largest absolute Gasteiger partial charge is 0.507 e. The van der Waals surface area contributed by atoms with Crippen LogP contribution in [0.3, 0.4) is 0 Å². The van der Waals surface area contributed by atoms with Crippen molar-refractivity contribution in [3.63, 3.8) is 0 Å². The number of benzene rings is 2. The van der Waals surface area contributed by atoms with Gasteiger partial charge in [0.15, 0.2) is 0 Å². The Labute approximate surface area is 116 Å². The summed E-state index contributed by atoms with van der Waals surface area (Å²) in [6.07, 6.45) is 0.351. The Bertz CT molecular complexity index is 615. The molecular weight excluding hydrogens is 266 g/mol. The van der Waals surface area contributed by atoms with E-state index in [2.05, 4.69) is 5.32 Å². The molecule has 0 spiro atoms. The molecule has 1 fully saturated rings. The van der Waals surface area contributed by atoms with E-state index >= 15 is 0 Å². The zero-order valence-electron chi connectivity index (χ0n) is 10.1. The molecule has 0 unspecified atom stereocenters. The number of fused-ring (bicyclic) bond motifs is 1. The molecule has 100 valence electrons. The van der Waals surface area contributed by atoms with Gasteiger partial charge in [0.1, 0.15) is 5.75 Å². The number of amides is 1. The van der Waals surface area contributed by atoms with Crippen molar-refractivity contribution < 1.29 is 14.6 Å². The zero-order valence-corrected chi connectivity index (χ0v) is 10.9. The summed E-state index contributed by atoms with van der Waals surface area (Å²) in [6, 6.07) is 11.1. The van der Waals surface area contributed by atoms with Gasteiger partial charge in [0, 0.05) is 11.8 Å². The van der Waals surface area contributed by atoms with Gasteiger partial charge in [-0.15, -0.1) is 12.4 Å². The number of aromatic hydroxyl groups is 1. The maximum atomic E-state index is 11.3. The molecule has 4 nitrogen and oxygen atoms in total. The van der Waals surface area contributed by atoms with Crippen LogP contribution >= 0.6 is 12.4 Å². The highest BCUT2D eigenvalue weighted by atomic mass is 35.5. The molecule has 1 heterocycles. The SMILES string of the molecule is Cl.O=C1N[C@@H](c2ccc(O)c3ccccc23)CCO1. The number of carbonyl (C=O) groups is 1.